The topological polar surface area (TPSA) is 12.9 Å². The largest absolute Gasteiger partial charge is 0.244 e. The van der Waals surface area contributed by atoms with E-state index >= 15 is 0 Å². The van der Waals surface area contributed by atoms with Crippen molar-refractivity contribution in [2.45, 2.75) is 0 Å². The van der Waals surface area contributed by atoms with E-state index in [4.69, 9.17) is 11.6 Å². The van der Waals surface area contributed by atoms with Crippen LogP contribution in [0.1, 0.15) is 0 Å². The van der Waals surface area contributed by atoms with Gasteiger partial charge in [-0.05, 0) is 29.8 Å². The quantitative estimate of drug-likeness (QED) is 0.708. The van der Waals surface area contributed by atoms with E-state index in [1.807, 2.05) is 30.3 Å². The van der Waals surface area contributed by atoms with E-state index in [0.717, 1.165) is 15.6 Å². The third kappa shape index (κ3) is 2.14. The van der Waals surface area contributed by atoms with E-state index in [-0.39, 0.29) is 0 Å². The predicted molar refractivity (Wildman–Crippen MR) is 62.4 cm³/mol. The van der Waals surface area contributed by atoms with Gasteiger partial charge >= 0.3 is 0 Å². The van der Waals surface area contributed by atoms with Crippen LogP contribution < -0.4 is 0 Å². The molecule has 1 aromatic carbocycles. The summed E-state index contributed by atoms with van der Waals surface area (Å²) in [5.74, 6) is 0. The van der Waals surface area contributed by atoms with Crippen molar-refractivity contribution in [3.8, 4) is 11.1 Å². The van der Waals surface area contributed by atoms with Gasteiger partial charge in [-0.3, -0.25) is 0 Å². The Morgan fingerprint density at radius 1 is 0.929 bits per heavy atom. The van der Waals surface area contributed by atoms with Crippen LogP contribution in [0.15, 0.2) is 47.1 Å². The summed E-state index contributed by atoms with van der Waals surface area (Å²) in [5.41, 5.74) is 2.21. The van der Waals surface area contributed by atoms with Gasteiger partial charge in [0, 0.05) is 16.2 Å². The van der Waals surface area contributed by atoms with Crippen LogP contribution in [0, 0.1) is 0 Å². The lowest BCUT2D eigenvalue weighted by Crippen LogP contribution is -1.79. The highest BCUT2D eigenvalue weighted by Gasteiger charge is 1.97. The highest BCUT2D eigenvalue weighted by atomic mass is 79.9. The van der Waals surface area contributed by atoms with Crippen LogP contribution in [0.3, 0.4) is 0 Å². The third-order valence-electron chi connectivity index (χ3n) is 1.90. The number of pyridine rings is 1. The molecule has 14 heavy (non-hydrogen) atoms. The first-order valence-electron chi connectivity index (χ1n) is 4.13. The van der Waals surface area contributed by atoms with Gasteiger partial charge in [-0.15, -0.1) is 0 Å². The van der Waals surface area contributed by atoms with Crippen LogP contribution in [-0.4, -0.2) is 4.98 Å². The molecule has 0 aliphatic heterocycles. The van der Waals surface area contributed by atoms with Gasteiger partial charge in [0.15, 0.2) is 0 Å². The van der Waals surface area contributed by atoms with E-state index in [1.165, 1.54) is 0 Å². The molecule has 2 rings (SSSR count). The number of hydrogen-bond donors (Lipinski definition) is 0. The summed E-state index contributed by atoms with van der Waals surface area (Å²) in [6.45, 7) is 0. The SMILES string of the molecule is Clc1ccc(-c2ccc(Br)cc2)cn1. The Kier molecular flexibility index (Phi) is 2.85. The van der Waals surface area contributed by atoms with Crippen LogP contribution in [0.2, 0.25) is 5.15 Å². The highest BCUT2D eigenvalue weighted by molar-refractivity contribution is 9.10. The molecular weight excluding hydrogens is 261 g/mol. The zero-order chi connectivity index (χ0) is 9.97. The summed E-state index contributed by atoms with van der Waals surface area (Å²) in [6.07, 6.45) is 1.77. The van der Waals surface area contributed by atoms with Gasteiger partial charge in [0.2, 0.25) is 0 Å². The van der Waals surface area contributed by atoms with Crippen molar-refractivity contribution in [1.29, 1.82) is 0 Å². The van der Waals surface area contributed by atoms with Crippen molar-refractivity contribution in [3.05, 3.63) is 52.2 Å². The van der Waals surface area contributed by atoms with Crippen molar-refractivity contribution in [2.75, 3.05) is 0 Å². The van der Waals surface area contributed by atoms with Crippen LogP contribution in [0.25, 0.3) is 11.1 Å². The molecule has 0 bridgehead atoms. The maximum atomic E-state index is 5.71. The Labute approximate surface area is 95.9 Å². The summed E-state index contributed by atoms with van der Waals surface area (Å²) in [5, 5.41) is 0.519. The summed E-state index contributed by atoms with van der Waals surface area (Å²) >= 11 is 9.10. The molecule has 0 spiro atoms. The molecule has 0 aliphatic carbocycles. The minimum Gasteiger partial charge on any atom is -0.244 e. The standard InChI is InChI=1S/C11H7BrClN/c12-10-4-1-8(2-5-10)9-3-6-11(13)14-7-9/h1-7H. The molecule has 1 heterocycles. The van der Waals surface area contributed by atoms with Crippen molar-refractivity contribution in [2.24, 2.45) is 0 Å². The molecule has 0 saturated carbocycles. The van der Waals surface area contributed by atoms with Gasteiger partial charge in [0.1, 0.15) is 5.15 Å². The second-order valence-corrected chi connectivity index (χ2v) is 4.18. The van der Waals surface area contributed by atoms with Gasteiger partial charge in [0.05, 0.1) is 0 Å². The maximum absolute atomic E-state index is 5.71. The van der Waals surface area contributed by atoms with Gasteiger partial charge in [0.25, 0.3) is 0 Å². The van der Waals surface area contributed by atoms with Crippen molar-refractivity contribution in [3.63, 3.8) is 0 Å². The molecule has 0 amide bonds. The summed E-state index contributed by atoms with van der Waals surface area (Å²) in [6, 6.07) is 11.8. The molecule has 0 fully saturated rings. The number of halogens is 2. The molecule has 1 nitrogen and oxygen atoms in total. The second kappa shape index (κ2) is 4.11. The van der Waals surface area contributed by atoms with Crippen LogP contribution in [0.5, 0.6) is 0 Å². The molecule has 0 aliphatic rings. The summed E-state index contributed by atoms with van der Waals surface area (Å²) in [7, 11) is 0. The average Bonchev–Trinajstić information content (AvgIpc) is 2.21. The van der Waals surface area contributed by atoms with Crippen LogP contribution >= 0.6 is 27.5 Å². The third-order valence-corrected chi connectivity index (χ3v) is 2.66. The number of aromatic nitrogens is 1. The van der Waals surface area contributed by atoms with Crippen molar-refractivity contribution in [1.82, 2.24) is 4.98 Å². The first-order chi connectivity index (χ1) is 6.75. The molecule has 0 unspecified atom stereocenters. The molecular formula is C11H7BrClN. The van der Waals surface area contributed by atoms with Gasteiger partial charge in [-0.25, -0.2) is 4.98 Å². The monoisotopic (exact) mass is 267 g/mol. The fourth-order valence-corrected chi connectivity index (χ4v) is 1.57. The van der Waals surface area contributed by atoms with Gasteiger partial charge in [-0.2, -0.15) is 0 Å². The van der Waals surface area contributed by atoms with Crippen LogP contribution in [-0.2, 0) is 0 Å². The highest BCUT2D eigenvalue weighted by Crippen LogP contribution is 2.21. The number of benzene rings is 1. The molecule has 2 aromatic rings. The lowest BCUT2D eigenvalue weighted by molar-refractivity contribution is 1.33. The Hall–Kier alpha value is -0.860. The summed E-state index contributed by atoms with van der Waals surface area (Å²) < 4.78 is 1.07. The lowest BCUT2D eigenvalue weighted by Gasteiger charge is -2.00. The van der Waals surface area contributed by atoms with Gasteiger partial charge < -0.3 is 0 Å². The average molecular weight is 269 g/mol. The fourth-order valence-electron chi connectivity index (χ4n) is 1.19. The van der Waals surface area contributed by atoms with E-state index in [1.54, 1.807) is 12.3 Å². The van der Waals surface area contributed by atoms with E-state index in [9.17, 15) is 0 Å². The zero-order valence-electron chi connectivity index (χ0n) is 7.24. The second-order valence-electron chi connectivity index (χ2n) is 2.88. The fraction of sp³-hybridized carbons (Fsp3) is 0. The first kappa shape index (κ1) is 9.69. The Balaban J connectivity index is 2.40. The van der Waals surface area contributed by atoms with Crippen molar-refractivity contribution >= 4 is 27.5 Å². The molecule has 3 heteroatoms. The normalized spacial score (nSPS) is 10.1. The molecule has 1 aromatic heterocycles. The summed E-state index contributed by atoms with van der Waals surface area (Å²) in [4.78, 5) is 4.03. The maximum Gasteiger partial charge on any atom is 0.129 e. The van der Waals surface area contributed by atoms with Gasteiger partial charge in [-0.1, -0.05) is 39.7 Å². The molecule has 0 N–H and O–H groups in total. The first-order valence-corrected chi connectivity index (χ1v) is 5.30. The molecule has 0 radical (unpaired) electrons. The number of nitrogens with zero attached hydrogens (tertiary/aromatic N) is 1. The van der Waals surface area contributed by atoms with Crippen molar-refractivity contribution < 1.29 is 0 Å². The molecule has 70 valence electrons. The predicted octanol–water partition coefficient (Wildman–Crippen LogP) is 4.16. The van der Waals surface area contributed by atoms with E-state index in [2.05, 4.69) is 20.9 Å². The lowest BCUT2D eigenvalue weighted by atomic mass is 10.1. The van der Waals surface area contributed by atoms with E-state index in [0.29, 0.717) is 5.15 Å². The molecule has 0 saturated heterocycles. The zero-order valence-corrected chi connectivity index (χ0v) is 9.59. The minimum absolute atomic E-state index is 0.519. The Morgan fingerprint density at radius 2 is 1.57 bits per heavy atom. The molecule has 0 atom stereocenters. The Bertz CT molecular complexity index is 379. The smallest absolute Gasteiger partial charge is 0.129 e. The number of rotatable bonds is 1. The number of hydrogen-bond acceptors (Lipinski definition) is 1. The van der Waals surface area contributed by atoms with Crippen LogP contribution in [0.4, 0.5) is 0 Å². The Morgan fingerprint density at radius 3 is 2.14 bits per heavy atom. The van der Waals surface area contributed by atoms with E-state index < -0.39 is 0 Å². The minimum atomic E-state index is 0.519.